The molecule has 2 heteroatoms. The molecule has 22 heavy (non-hydrogen) atoms. The average Bonchev–Trinajstić information content (AvgIpc) is 3.17. The number of hydrogen-bond donors (Lipinski definition) is 1. The Labute approximate surface area is 135 Å². The summed E-state index contributed by atoms with van der Waals surface area (Å²) in [7, 11) is 0. The third-order valence-electron chi connectivity index (χ3n) is 6.24. The zero-order chi connectivity index (χ0) is 15.0. The van der Waals surface area contributed by atoms with Crippen molar-refractivity contribution in [3.63, 3.8) is 0 Å². The Hall–Kier alpha value is -0.860. The van der Waals surface area contributed by atoms with Gasteiger partial charge in [-0.05, 0) is 49.1 Å². The molecular weight excluding hydrogens is 268 g/mol. The molecule has 2 saturated carbocycles. The summed E-state index contributed by atoms with van der Waals surface area (Å²) in [6.07, 6.45) is 7.06. The summed E-state index contributed by atoms with van der Waals surface area (Å²) in [4.78, 5) is 2.73. The predicted octanol–water partition coefficient (Wildman–Crippen LogP) is 3.64. The fraction of sp³-hybridized carbons (Fsp3) is 0.700. The lowest BCUT2D eigenvalue weighted by atomic mass is 9.68. The number of nitrogens with zero attached hydrogens (tertiary/aromatic N) is 1. The maximum absolute atomic E-state index is 3.91. The number of rotatable bonds is 6. The molecule has 3 atom stereocenters. The number of benzene rings is 1. The van der Waals surface area contributed by atoms with Crippen molar-refractivity contribution in [1.29, 1.82) is 0 Å². The molecule has 2 aliphatic carbocycles. The van der Waals surface area contributed by atoms with Crippen LogP contribution in [0, 0.1) is 11.3 Å². The van der Waals surface area contributed by atoms with Crippen LogP contribution in [0.3, 0.4) is 0 Å². The third-order valence-corrected chi connectivity index (χ3v) is 6.24. The molecule has 120 valence electrons. The molecule has 0 bridgehead atoms. The van der Waals surface area contributed by atoms with Gasteiger partial charge in [0.25, 0.3) is 0 Å². The maximum Gasteiger partial charge on any atom is 0.0143 e. The molecule has 3 fully saturated rings. The molecule has 2 nitrogen and oxygen atoms in total. The van der Waals surface area contributed by atoms with Crippen molar-refractivity contribution < 1.29 is 0 Å². The Morgan fingerprint density at radius 2 is 2.05 bits per heavy atom. The van der Waals surface area contributed by atoms with Crippen LogP contribution in [0.1, 0.15) is 50.5 Å². The molecule has 1 saturated heterocycles. The van der Waals surface area contributed by atoms with Crippen LogP contribution >= 0.6 is 0 Å². The van der Waals surface area contributed by atoms with Gasteiger partial charge in [-0.3, -0.25) is 0 Å². The summed E-state index contributed by atoms with van der Waals surface area (Å²) in [6.45, 7) is 7.65. The van der Waals surface area contributed by atoms with Gasteiger partial charge < -0.3 is 10.2 Å². The summed E-state index contributed by atoms with van der Waals surface area (Å²) < 4.78 is 0. The number of hydrogen-bond acceptors (Lipinski definition) is 2. The molecule has 0 spiro atoms. The van der Waals surface area contributed by atoms with Crippen LogP contribution in [0.4, 0.5) is 0 Å². The van der Waals surface area contributed by atoms with E-state index in [-0.39, 0.29) is 0 Å². The minimum Gasteiger partial charge on any atom is -0.313 e. The first-order chi connectivity index (χ1) is 10.7. The summed E-state index contributed by atoms with van der Waals surface area (Å²) >= 11 is 0. The Kier molecular flexibility index (Phi) is 4.00. The van der Waals surface area contributed by atoms with Crippen LogP contribution in [0.5, 0.6) is 0 Å². The third kappa shape index (κ3) is 3.09. The van der Waals surface area contributed by atoms with Crippen LogP contribution in [0.25, 0.3) is 0 Å². The van der Waals surface area contributed by atoms with Gasteiger partial charge in [0.05, 0.1) is 0 Å². The number of likely N-dealkylation sites (tertiary alicyclic amines) is 1. The van der Waals surface area contributed by atoms with Crippen molar-refractivity contribution in [3.05, 3.63) is 35.9 Å². The first kappa shape index (κ1) is 14.7. The van der Waals surface area contributed by atoms with Crippen molar-refractivity contribution in [1.82, 2.24) is 10.2 Å². The number of nitrogens with one attached hydrogen (secondary N) is 1. The Morgan fingerprint density at radius 3 is 2.68 bits per heavy atom. The van der Waals surface area contributed by atoms with Gasteiger partial charge >= 0.3 is 0 Å². The lowest BCUT2D eigenvalue weighted by Gasteiger charge is -2.45. The largest absolute Gasteiger partial charge is 0.313 e. The van der Waals surface area contributed by atoms with E-state index in [2.05, 4.69) is 47.5 Å². The molecule has 2 unspecified atom stereocenters. The zero-order valence-electron chi connectivity index (χ0n) is 13.9. The van der Waals surface area contributed by atoms with Gasteiger partial charge in [0.2, 0.25) is 0 Å². The van der Waals surface area contributed by atoms with Crippen LogP contribution in [0.2, 0.25) is 0 Å². The van der Waals surface area contributed by atoms with E-state index in [1.807, 2.05) is 0 Å². The Balaban J connectivity index is 1.28. The molecule has 1 heterocycles. The van der Waals surface area contributed by atoms with Crippen LogP contribution in [-0.2, 0) is 0 Å². The fourth-order valence-electron chi connectivity index (χ4n) is 4.55. The normalized spacial score (nSPS) is 33.6. The molecule has 3 aliphatic rings. The molecule has 1 aromatic carbocycles. The summed E-state index contributed by atoms with van der Waals surface area (Å²) in [5.74, 6) is 1.68. The van der Waals surface area contributed by atoms with E-state index < -0.39 is 0 Å². The standard InChI is InChI=1S/C20H30N2/c1-16-8-11-22(13-16)15-20(9-5-10-20)14-21-19-12-18(19)17-6-3-2-4-7-17/h2-4,6-7,16,18-19,21H,5,8-15H2,1H3/t16?,18-,19?/m1/s1. The molecule has 1 aromatic rings. The van der Waals surface area contributed by atoms with E-state index in [4.69, 9.17) is 0 Å². The van der Waals surface area contributed by atoms with Gasteiger partial charge in [0, 0.05) is 31.6 Å². The van der Waals surface area contributed by atoms with E-state index in [1.54, 1.807) is 0 Å². The molecule has 1 N–H and O–H groups in total. The van der Waals surface area contributed by atoms with Crippen molar-refractivity contribution in [3.8, 4) is 0 Å². The highest BCUT2D eigenvalue weighted by atomic mass is 15.2. The second kappa shape index (κ2) is 5.98. The van der Waals surface area contributed by atoms with Crippen molar-refractivity contribution in [2.75, 3.05) is 26.2 Å². The minimum atomic E-state index is 0.591. The Morgan fingerprint density at radius 1 is 1.23 bits per heavy atom. The summed E-state index contributed by atoms with van der Waals surface area (Å²) in [5.41, 5.74) is 2.12. The molecule has 0 radical (unpaired) electrons. The van der Waals surface area contributed by atoms with Gasteiger partial charge in [-0.2, -0.15) is 0 Å². The van der Waals surface area contributed by atoms with E-state index >= 15 is 0 Å². The van der Waals surface area contributed by atoms with Gasteiger partial charge in [0.1, 0.15) is 0 Å². The smallest absolute Gasteiger partial charge is 0.0143 e. The average molecular weight is 298 g/mol. The zero-order valence-corrected chi connectivity index (χ0v) is 13.9. The van der Waals surface area contributed by atoms with Gasteiger partial charge in [-0.15, -0.1) is 0 Å². The summed E-state index contributed by atoms with van der Waals surface area (Å²) in [6, 6.07) is 11.8. The summed E-state index contributed by atoms with van der Waals surface area (Å²) in [5, 5.41) is 3.91. The monoisotopic (exact) mass is 298 g/mol. The van der Waals surface area contributed by atoms with Gasteiger partial charge in [-0.1, -0.05) is 43.7 Å². The van der Waals surface area contributed by atoms with Gasteiger partial charge in [-0.25, -0.2) is 0 Å². The maximum atomic E-state index is 3.91. The van der Waals surface area contributed by atoms with E-state index in [0.29, 0.717) is 5.41 Å². The second-order valence-corrected chi connectivity index (χ2v) is 8.22. The van der Waals surface area contributed by atoms with Gasteiger partial charge in [0.15, 0.2) is 0 Å². The van der Waals surface area contributed by atoms with Crippen LogP contribution in [-0.4, -0.2) is 37.1 Å². The van der Waals surface area contributed by atoms with Crippen molar-refractivity contribution >= 4 is 0 Å². The lowest BCUT2D eigenvalue weighted by molar-refractivity contribution is 0.0748. The van der Waals surface area contributed by atoms with E-state index in [0.717, 1.165) is 17.9 Å². The second-order valence-electron chi connectivity index (χ2n) is 8.22. The highest BCUT2D eigenvalue weighted by Gasteiger charge is 2.43. The highest BCUT2D eigenvalue weighted by Crippen LogP contribution is 2.45. The van der Waals surface area contributed by atoms with Crippen molar-refractivity contribution in [2.45, 2.75) is 51.0 Å². The SMILES string of the molecule is CC1CCN(CC2(CNC3C[C@@H]3c3ccccc3)CCC2)C1. The first-order valence-electron chi connectivity index (χ1n) is 9.25. The quantitative estimate of drug-likeness (QED) is 0.862. The van der Waals surface area contributed by atoms with Crippen LogP contribution in [0.15, 0.2) is 30.3 Å². The van der Waals surface area contributed by atoms with E-state index in [9.17, 15) is 0 Å². The minimum absolute atomic E-state index is 0.591. The molecule has 1 aliphatic heterocycles. The first-order valence-corrected chi connectivity index (χ1v) is 9.25. The molecule has 4 rings (SSSR count). The van der Waals surface area contributed by atoms with E-state index in [1.165, 1.54) is 63.8 Å². The lowest BCUT2D eigenvalue weighted by Crippen LogP contribution is -2.48. The van der Waals surface area contributed by atoms with Crippen LogP contribution < -0.4 is 5.32 Å². The molecule has 0 aromatic heterocycles. The molecule has 0 amide bonds. The fourth-order valence-corrected chi connectivity index (χ4v) is 4.55. The van der Waals surface area contributed by atoms with Crippen molar-refractivity contribution in [2.24, 2.45) is 11.3 Å². The Bertz CT molecular complexity index is 494. The molecular formula is C20H30N2. The highest BCUT2D eigenvalue weighted by molar-refractivity contribution is 5.27. The predicted molar refractivity (Wildman–Crippen MR) is 92.1 cm³/mol. The topological polar surface area (TPSA) is 15.3 Å².